The Hall–Kier alpha value is -0.940. The first kappa shape index (κ1) is 10.6. The first-order valence-electron chi connectivity index (χ1n) is 4.43. The van der Waals surface area contributed by atoms with Gasteiger partial charge < -0.3 is 0 Å². The van der Waals surface area contributed by atoms with Crippen molar-refractivity contribution in [1.29, 1.82) is 0 Å². The molecule has 78 valence electrons. The lowest BCUT2D eigenvalue weighted by Gasteiger charge is -1.96. The molecule has 0 spiro atoms. The Morgan fingerprint density at radius 1 is 1.53 bits per heavy atom. The predicted octanol–water partition coefficient (Wildman–Crippen LogP) is 3.34. The van der Waals surface area contributed by atoms with Crippen molar-refractivity contribution in [1.82, 2.24) is 9.97 Å². The van der Waals surface area contributed by atoms with Crippen molar-refractivity contribution < 1.29 is 4.39 Å². The van der Waals surface area contributed by atoms with Crippen LogP contribution in [0.15, 0.2) is 24.5 Å². The van der Waals surface area contributed by atoms with Crippen LogP contribution in [-0.2, 0) is 0 Å². The second-order valence-corrected chi connectivity index (χ2v) is 4.90. The topological polar surface area (TPSA) is 25.8 Å². The third kappa shape index (κ3) is 2.18. The molecule has 1 unspecified atom stereocenters. The lowest BCUT2D eigenvalue weighted by molar-refractivity contribution is 0.580. The van der Waals surface area contributed by atoms with Gasteiger partial charge in [0.1, 0.15) is 5.01 Å². The minimum Gasteiger partial charge on any atom is -0.264 e. The largest absolute Gasteiger partial charge is 0.264 e. The molecule has 2 rings (SSSR count). The predicted molar refractivity (Wildman–Crippen MR) is 62.7 cm³/mol. The van der Waals surface area contributed by atoms with Crippen molar-refractivity contribution in [2.75, 3.05) is 0 Å². The van der Waals surface area contributed by atoms with Crippen molar-refractivity contribution >= 4 is 24.0 Å². The van der Waals surface area contributed by atoms with E-state index in [1.807, 2.05) is 13.0 Å². The van der Waals surface area contributed by atoms with Gasteiger partial charge in [-0.3, -0.25) is 4.98 Å². The van der Waals surface area contributed by atoms with Gasteiger partial charge in [-0.25, -0.2) is 4.98 Å². The molecule has 5 heteroatoms. The number of halogens is 1. The van der Waals surface area contributed by atoms with Gasteiger partial charge in [0.25, 0.3) is 0 Å². The summed E-state index contributed by atoms with van der Waals surface area (Å²) in [6, 6.07) is 3.66. The quantitative estimate of drug-likeness (QED) is 0.815. The van der Waals surface area contributed by atoms with E-state index in [2.05, 4.69) is 22.6 Å². The number of thiazole rings is 1. The van der Waals surface area contributed by atoms with Gasteiger partial charge in [0, 0.05) is 23.2 Å². The van der Waals surface area contributed by atoms with E-state index in [1.54, 1.807) is 18.5 Å². The maximum Gasteiger partial charge on any atom is 0.228 e. The van der Waals surface area contributed by atoms with Gasteiger partial charge >= 0.3 is 0 Å². The molecule has 0 saturated carbocycles. The van der Waals surface area contributed by atoms with Crippen LogP contribution in [0.1, 0.15) is 17.1 Å². The summed E-state index contributed by atoms with van der Waals surface area (Å²) in [6.45, 7) is 1.83. The van der Waals surface area contributed by atoms with Crippen LogP contribution >= 0.6 is 24.0 Å². The van der Waals surface area contributed by atoms with Gasteiger partial charge in [-0.2, -0.15) is 17.0 Å². The van der Waals surface area contributed by atoms with E-state index in [1.165, 1.54) is 11.3 Å². The van der Waals surface area contributed by atoms with Gasteiger partial charge in [-0.05, 0) is 19.1 Å². The molecular weight excluding hydrogens is 231 g/mol. The molecule has 0 N–H and O–H groups in total. The zero-order valence-corrected chi connectivity index (χ0v) is 9.73. The number of hydrogen-bond acceptors (Lipinski definition) is 4. The maximum absolute atomic E-state index is 13.4. The summed E-state index contributed by atoms with van der Waals surface area (Å²) < 4.78 is 13.4. The normalized spacial score (nSPS) is 12.7. The Morgan fingerprint density at radius 2 is 2.33 bits per heavy atom. The highest BCUT2D eigenvalue weighted by Gasteiger charge is 2.15. The molecule has 15 heavy (non-hydrogen) atoms. The van der Waals surface area contributed by atoms with Gasteiger partial charge in [-0.15, -0.1) is 11.3 Å². The summed E-state index contributed by atoms with van der Waals surface area (Å²) >= 11 is 5.52. The Balaban J connectivity index is 2.43. The van der Waals surface area contributed by atoms with Crippen molar-refractivity contribution in [3.05, 3.63) is 35.4 Å². The molecule has 2 aromatic rings. The summed E-state index contributed by atoms with van der Waals surface area (Å²) in [5.74, 6) is -0.429. The third-order valence-electron chi connectivity index (χ3n) is 1.90. The van der Waals surface area contributed by atoms with Crippen molar-refractivity contribution in [2.45, 2.75) is 12.2 Å². The zero-order chi connectivity index (χ0) is 10.8. The smallest absolute Gasteiger partial charge is 0.228 e. The highest BCUT2D eigenvalue weighted by Crippen LogP contribution is 2.33. The first-order valence-corrected chi connectivity index (χ1v) is 5.76. The average Bonchev–Trinajstić information content (AvgIpc) is 2.62. The molecule has 0 aliphatic carbocycles. The van der Waals surface area contributed by atoms with Crippen molar-refractivity contribution in [3.8, 4) is 10.6 Å². The van der Waals surface area contributed by atoms with Crippen LogP contribution in [0.4, 0.5) is 4.39 Å². The van der Waals surface area contributed by atoms with E-state index < -0.39 is 5.95 Å². The van der Waals surface area contributed by atoms with Gasteiger partial charge in [0.15, 0.2) is 0 Å². The van der Waals surface area contributed by atoms with Gasteiger partial charge in [-0.1, -0.05) is 0 Å². The van der Waals surface area contributed by atoms with E-state index in [0.29, 0.717) is 9.88 Å². The van der Waals surface area contributed by atoms with Crippen LogP contribution in [0.25, 0.3) is 10.6 Å². The lowest BCUT2D eigenvalue weighted by atomic mass is 10.3. The molecule has 0 radical (unpaired) electrons. The van der Waals surface area contributed by atoms with Crippen LogP contribution in [0.5, 0.6) is 0 Å². The molecule has 0 fully saturated rings. The summed E-state index contributed by atoms with van der Waals surface area (Å²) in [5, 5.41) is 0.518. The van der Waals surface area contributed by atoms with Crippen LogP contribution < -0.4 is 0 Å². The van der Waals surface area contributed by atoms with E-state index in [4.69, 9.17) is 0 Å². The molecule has 0 aliphatic heterocycles. The second kappa shape index (κ2) is 4.28. The fraction of sp³-hybridized carbons (Fsp3) is 0.200. The SMILES string of the molecule is CC(S)c1sc(-c2cccnc2)nc1F. The molecule has 2 aromatic heterocycles. The number of pyridine rings is 1. The molecule has 2 nitrogen and oxygen atoms in total. The molecule has 1 atom stereocenters. The lowest BCUT2D eigenvalue weighted by Crippen LogP contribution is -1.83. The first-order chi connectivity index (χ1) is 7.18. The van der Waals surface area contributed by atoms with E-state index in [0.717, 1.165) is 5.56 Å². The van der Waals surface area contributed by atoms with Crippen molar-refractivity contribution in [2.24, 2.45) is 0 Å². The van der Waals surface area contributed by atoms with Crippen LogP contribution in [0.2, 0.25) is 0 Å². The van der Waals surface area contributed by atoms with E-state index in [-0.39, 0.29) is 5.25 Å². The highest BCUT2D eigenvalue weighted by atomic mass is 32.1. The number of thiol groups is 1. The number of aromatic nitrogens is 2. The van der Waals surface area contributed by atoms with Crippen LogP contribution in [0, 0.1) is 5.95 Å². The minimum absolute atomic E-state index is 0.132. The number of hydrogen-bond donors (Lipinski definition) is 1. The molecule has 0 aliphatic rings. The Bertz CT molecular complexity index is 454. The molecule has 2 heterocycles. The fourth-order valence-electron chi connectivity index (χ4n) is 1.18. The van der Waals surface area contributed by atoms with E-state index in [9.17, 15) is 4.39 Å². The Kier molecular flexibility index (Phi) is 3.02. The van der Waals surface area contributed by atoms with Crippen molar-refractivity contribution in [3.63, 3.8) is 0 Å². The highest BCUT2D eigenvalue weighted by molar-refractivity contribution is 7.80. The zero-order valence-electron chi connectivity index (χ0n) is 8.01. The number of rotatable bonds is 2. The minimum atomic E-state index is -0.429. The summed E-state index contributed by atoms with van der Waals surface area (Å²) in [4.78, 5) is 8.40. The third-order valence-corrected chi connectivity index (χ3v) is 3.59. The molecule has 0 saturated heterocycles. The number of nitrogens with zero attached hydrogens (tertiary/aromatic N) is 2. The molecule has 0 bridgehead atoms. The molecule has 0 aromatic carbocycles. The monoisotopic (exact) mass is 240 g/mol. The van der Waals surface area contributed by atoms with Gasteiger partial charge in [0.2, 0.25) is 5.95 Å². The van der Waals surface area contributed by atoms with Crippen LogP contribution in [-0.4, -0.2) is 9.97 Å². The van der Waals surface area contributed by atoms with Gasteiger partial charge in [0.05, 0.1) is 4.88 Å². The summed E-state index contributed by atoms with van der Waals surface area (Å²) in [7, 11) is 0. The summed E-state index contributed by atoms with van der Waals surface area (Å²) in [5.41, 5.74) is 0.835. The Morgan fingerprint density at radius 3 is 2.87 bits per heavy atom. The Labute approximate surface area is 96.6 Å². The summed E-state index contributed by atoms with van der Waals surface area (Å²) in [6.07, 6.45) is 3.35. The fourth-order valence-corrected chi connectivity index (χ4v) is 2.32. The second-order valence-electron chi connectivity index (χ2n) is 3.09. The molecule has 0 amide bonds. The molecular formula is C10H9FN2S2. The maximum atomic E-state index is 13.4. The van der Waals surface area contributed by atoms with Crippen LogP contribution in [0.3, 0.4) is 0 Å². The average molecular weight is 240 g/mol. The standard InChI is InChI=1S/C10H9FN2S2/c1-6(14)8-9(11)13-10(15-8)7-3-2-4-12-5-7/h2-6,14H,1H3. The van der Waals surface area contributed by atoms with E-state index >= 15 is 0 Å².